The van der Waals surface area contributed by atoms with Gasteiger partial charge in [0.1, 0.15) is 4.90 Å². The minimum atomic E-state index is -3.76. The van der Waals surface area contributed by atoms with E-state index in [9.17, 15) is 8.42 Å². The molecule has 0 fully saturated rings. The Kier molecular flexibility index (Phi) is 2.76. The van der Waals surface area contributed by atoms with Crippen molar-refractivity contribution in [3.63, 3.8) is 0 Å². The Hall–Kier alpha value is -1.66. The molecule has 0 atom stereocenters. The zero-order valence-electron chi connectivity index (χ0n) is 9.56. The number of sulfonamides is 1. The third kappa shape index (κ3) is 2.22. The zero-order valence-corrected chi connectivity index (χ0v) is 10.4. The van der Waals surface area contributed by atoms with Crippen molar-refractivity contribution in [1.29, 1.82) is 0 Å². The third-order valence-corrected chi connectivity index (χ3v) is 3.48. The summed E-state index contributed by atoms with van der Waals surface area (Å²) in [6.45, 7) is 3.89. The highest BCUT2D eigenvalue weighted by molar-refractivity contribution is 7.89. The van der Waals surface area contributed by atoms with Gasteiger partial charge in [-0.3, -0.25) is 5.10 Å². The summed E-state index contributed by atoms with van der Waals surface area (Å²) in [5.41, 5.74) is 3.31. The van der Waals surface area contributed by atoms with Crippen LogP contribution in [0.15, 0.2) is 29.3 Å². The molecule has 6 heteroatoms. The van der Waals surface area contributed by atoms with Crippen molar-refractivity contribution in [1.82, 2.24) is 10.2 Å². The molecule has 2 rings (SSSR count). The van der Waals surface area contributed by atoms with E-state index < -0.39 is 10.0 Å². The van der Waals surface area contributed by atoms with E-state index in [0.29, 0.717) is 5.69 Å². The molecule has 5 nitrogen and oxygen atoms in total. The summed E-state index contributed by atoms with van der Waals surface area (Å²) in [4.78, 5) is 0.0180. The van der Waals surface area contributed by atoms with Crippen molar-refractivity contribution < 1.29 is 8.42 Å². The normalized spacial score (nSPS) is 11.7. The molecule has 0 spiro atoms. The van der Waals surface area contributed by atoms with Gasteiger partial charge in [-0.1, -0.05) is 23.8 Å². The molecule has 1 heterocycles. The topological polar surface area (TPSA) is 88.8 Å². The number of benzene rings is 1. The standard InChI is InChI=1S/C11H13N3O2S/c1-7-3-4-9(8(2)5-7)11-10(6-13-14-11)17(12,15)16/h3-6H,1-2H3,(H,13,14)(H2,12,15,16). The number of nitrogens with one attached hydrogen (secondary N) is 1. The summed E-state index contributed by atoms with van der Waals surface area (Å²) < 4.78 is 22.8. The maximum absolute atomic E-state index is 11.4. The molecule has 0 amide bonds. The number of aryl methyl sites for hydroxylation is 2. The number of nitrogens with zero attached hydrogens (tertiary/aromatic N) is 1. The van der Waals surface area contributed by atoms with Crippen LogP contribution in [0, 0.1) is 13.8 Å². The van der Waals surface area contributed by atoms with Crippen LogP contribution in [-0.4, -0.2) is 18.6 Å². The lowest BCUT2D eigenvalue weighted by molar-refractivity contribution is 0.598. The number of primary sulfonamides is 1. The van der Waals surface area contributed by atoms with E-state index in [1.54, 1.807) is 0 Å². The van der Waals surface area contributed by atoms with Gasteiger partial charge < -0.3 is 0 Å². The fourth-order valence-corrected chi connectivity index (χ4v) is 2.42. The molecule has 90 valence electrons. The van der Waals surface area contributed by atoms with Gasteiger partial charge in [0.15, 0.2) is 0 Å². The summed E-state index contributed by atoms with van der Waals surface area (Å²) in [5.74, 6) is 0. The Balaban J connectivity index is 2.66. The first-order valence-corrected chi connectivity index (χ1v) is 6.58. The average Bonchev–Trinajstić information content (AvgIpc) is 2.65. The Morgan fingerprint density at radius 3 is 2.59 bits per heavy atom. The molecular formula is C11H13N3O2S. The molecule has 0 unspecified atom stereocenters. The molecule has 2 aromatic rings. The second-order valence-electron chi connectivity index (χ2n) is 3.97. The molecule has 0 aliphatic carbocycles. The van der Waals surface area contributed by atoms with E-state index in [4.69, 9.17) is 5.14 Å². The van der Waals surface area contributed by atoms with Crippen molar-refractivity contribution in [3.05, 3.63) is 35.5 Å². The number of aromatic amines is 1. The Morgan fingerprint density at radius 2 is 2.00 bits per heavy atom. The first-order chi connectivity index (χ1) is 7.89. The largest absolute Gasteiger partial charge is 0.276 e. The summed E-state index contributed by atoms with van der Waals surface area (Å²) in [6.07, 6.45) is 1.23. The monoisotopic (exact) mass is 251 g/mol. The van der Waals surface area contributed by atoms with Crippen molar-refractivity contribution in [2.75, 3.05) is 0 Å². The van der Waals surface area contributed by atoms with Crippen LogP contribution in [0.2, 0.25) is 0 Å². The van der Waals surface area contributed by atoms with Gasteiger partial charge in [0.05, 0.1) is 11.9 Å². The molecule has 1 aromatic carbocycles. The third-order valence-electron chi connectivity index (χ3n) is 2.56. The van der Waals surface area contributed by atoms with E-state index in [0.717, 1.165) is 16.7 Å². The smallest absolute Gasteiger partial charge is 0.241 e. The molecule has 3 N–H and O–H groups in total. The maximum atomic E-state index is 11.4. The van der Waals surface area contributed by atoms with E-state index in [1.165, 1.54) is 6.20 Å². The minimum absolute atomic E-state index is 0.0180. The number of hydrogen-bond acceptors (Lipinski definition) is 3. The molecular weight excluding hydrogens is 238 g/mol. The lowest BCUT2D eigenvalue weighted by atomic mass is 10.0. The van der Waals surface area contributed by atoms with Crippen LogP contribution >= 0.6 is 0 Å². The predicted molar refractivity (Wildman–Crippen MR) is 64.9 cm³/mol. The van der Waals surface area contributed by atoms with E-state index >= 15 is 0 Å². The van der Waals surface area contributed by atoms with Crippen molar-refractivity contribution in [3.8, 4) is 11.3 Å². The highest BCUT2D eigenvalue weighted by atomic mass is 32.2. The van der Waals surface area contributed by atoms with Crippen LogP contribution in [0.25, 0.3) is 11.3 Å². The molecule has 0 saturated carbocycles. The summed E-state index contributed by atoms with van der Waals surface area (Å²) >= 11 is 0. The van der Waals surface area contributed by atoms with Crippen LogP contribution in [0.4, 0.5) is 0 Å². The van der Waals surface area contributed by atoms with Gasteiger partial charge in [-0.05, 0) is 19.4 Å². The SMILES string of the molecule is Cc1ccc(-c2[nH]ncc2S(N)(=O)=O)c(C)c1. The minimum Gasteiger partial charge on any atom is -0.276 e. The number of rotatable bonds is 2. The molecule has 0 saturated heterocycles. The van der Waals surface area contributed by atoms with E-state index in [1.807, 2.05) is 32.0 Å². The molecule has 0 bridgehead atoms. The molecule has 0 aliphatic heterocycles. The van der Waals surface area contributed by atoms with Gasteiger partial charge in [0.25, 0.3) is 0 Å². The molecule has 1 aromatic heterocycles. The predicted octanol–water partition coefficient (Wildman–Crippen LogP) is 1.34. The molecule has 17 heavy (non-hydrogen) atoms. The van der Waals surface area contributed by atoms with Gasteiger partial charge in [-0.15, -0.1) is 0 Å². The zero-order chi connectivity index (χ0) is 12.6. The van der Waals surface area contributed by atoms with Crippen molar-refractivity contribution in [2.45, 2.75) is 18.7 Å². The van der Waals surface area contributed by atoms with Gasteiger partial charge in [-0.2, -0.15) is 5.10 Å². The fraction of sp³-hybridized carbons (Fsp3) is 0.182. The maximum Gasteiger partial charge on any atom is 0.241 e. The average molecular weight is 251 g/mol. The quantitative estimate of drug-likeness (QED) is 0.844. The number of nitrogens with two attached hydrogens (primary N) is 1. The Bertz CT molecular complexity index is 659. The van der Waals surface area contributed by atoms with Gasteiger partial charge in [0.2, 0.25) is 10.0 Å². The van der Waals surface area contributed by atoms with Crippen LogP contribution in [0.5, 0.6) is 0 Å². The first-order valence-electron chi connectivity index (χ1n) is 5.03. The Morgan fingerprint density at radius 1 is 1.29 bits per heavy atom. The van der Waals surface area contributed by atoms with Gasteiger partial charge in [0, 0.05) is 5.56 Å². The summed E-state index contributed by atoms with van der Waals surface area (Å²) in [5, 5.41) is 11.6. The fourth-order valence-electron chi connectivity index (χ4n) is 1.78. The van der Waals surface area contributed by atoms with Crippen LogP contribution in [0.3, 0.4) is 0 Å². The highest BCUT2D eigenvalue weighted by Gasteiger charge is 2.18. The summed E-state index contributed by atoms with van der Waals surface area (Å²) in [6, 6.07) is 5.74. The number of aromatic nitrogens is 2. The lowest BCUT2D eigenvalue weighted by Gasteiger charge is -2.06. The van der Waals surface area contributed by atoms with Gasteiger partial charge >= 0.3 is 0 Å². The van der Waals surface area contributed by atoms with Crippen molar-refractivity contribution in [2.24, 2.45) is 5.14 Å². The first kappa shape index (κ1) is 11.8. The highest BCUT2D eigenvalue weighted by Crippen LogP contribution is 2.27. The lowest BCUT2D eigenvalue weighted by Crippen LogP contribution is -2.12. The number of hydrogen-bond donors (Lipinski definition) is 2. The van der Waals surface area contributed by atoms with Crippen molar-refractivity contribution >= 4 is 10.0 Å². The second kappa shape index (κ2) is 3.97. The molecule has 0 aliphatic rings. The van der Waals surface area contributed by atoms with Crippen LogP contribution < -0.4 is 5.14 Å². The van der Waals surface area contributed by atoms with Crippen LogP contribution in [-0.2, 0) is 10.0 Å². The Labute approximate surface area is 99.7 Å². The summed E-state index contributed by atoms with van der Waals surface area (Å²) in [7, 11) is -3.76. The van der Waals surface area contributed by atoms with E-state index in [2.05, 4.69) is 10.2 Å². The van der Waals surface area contributed by atoms with E-state index in [-0.39, 0.29) is 4.90 Å². The molecule has 0 radical (unpaired) electrons. The second-order valence-corrected chi connectivity index (χ2v) is 5.50. The number of H-pyrrole nitrogens is 1. The van der Waals surface area contributed by atoms with Gasteiger partial charge in [-0.25, -0.2) is 13.6 Å². The van der Waals surface area contributed by atoms with Crippen LogP contribution in [0.1, 0.15) is 11.1 Å².